The fourth-order valence-electron chi connectivity index (χ4n) is 3.60. The van der Waals surface area contributed by atoms with E-state index in [1.165, 1.54) is 6.20 Å². The van der Waals surface area contributed by atoms with Crippen LogP contribution in [0, 0.1) is 12.7 Å². The van der Waals surface area contributed by atoms with Crippen molar-refractivity contribution in [2.45, 2.75) is 24.8 Å². The lowest BCUT2D eigenvalue weighted by molar-refractivity contribution is 0.589. The molecule has 5 aromatic rings. The second-order valence-electron chi connectivity index (χ2n) is 8.23. The minimum Gasteiger partial charge on any atom is -0.344 e. The lowest BCUT2D eigenvalue weighted by Gasteiger charge is -2.15. The molecule has 184 valence electrons. The lowest BCUT2D eigenvalue weighted by atomic mass is 10.2. The van der Waals surface area contributed by atoms with E-state index in [1.54, 1.807) is 54.3 Å². The normalized spacial score (nSPS) is 12.6. The summed E-state index contributed by atoms with van der Waals surface area (Å²) in [7, 11) is -2.12. The van der Waals surface area contributed by atoms with E-state index in [1.807, 2.05) is 14.0 Å². The highest BCUT2D eigenvalue weighted by atomic mass is 32.2. The molecule has 1 atom stereocenters. The first-order valence-corrected chi connectivity index (χ1v) is 12.3. The van der Waals surface area contributed by atoms with E-state index in [2.05, 4.69) is 35.6 Å². The molecule has 4 aromatic heterocycles. The van der Waals surface area contributed by atoms with E-state index in [0.29, 0.717) is 17.2 Å². The molecule has 0 amide bonds. The van der Waals surface area contributed by atoms with Crippen molar-refractivity contribution in [2.75, 3.05) is 10.6 Å². The first-order valence-electron chi connectivity index (χ1n) is 10.9. The Morgan fingerprint density at radius 3 is 2.42 bits per heavy atom. The number of anilines is 3. The van der Waals surface area contributed by atoms with Crippen molar-refractivity contribution in [3.05, 3.63) is 78.7 Å². The third-order valence-corrected chi connectivity index (χ3v) is 7.09. The number of aromatic nitrogens is 7. The molecule has 0 saturated heterocycles. The SMILES string of the molecule is Cc1ccc(S(=O)(=O)n2ccc3nc(NC(C)c4ncc(F)cn4)nc(Nc4cn(C)cn4)c32)cc1. The minimum absolute atomic E-state index is 0.138. The molecule has 13 heteroatoms. The highest BCUT2D eigenvalue weighted by Crippen LogP contribution is 2.30. The zero-order valence-electron chi connectivity index (χ0n) is 19.6. The number of hydrogen-bond donors (Lipinski definition) is 2. The second-order valence-corrected chi connectivity index (χ2v) is 10.0. The van der Waals surface area contributed by atoms with Gasteiger partial charge in [0.15, 0.2) is 11.6 Å². The van der Waals surface area contributed by atoms with Crippen LogP contribution in [0.4, 0.5) is 22.0 Å². The summed E-state index contributed by atoms with van der Waals surface area (Å²) in [6, 6.07) is 7.74. The Morgan fingerprint density at radius 1 is 1.03 bits per heavy atom. The summed E-state index contributed by atoms with van der Waals surface area (Å²) in [5, 5.41) is 6.19. The number of nitrogens with zero attached hydrogens (tertiary/aromatic N) is 7. The summed E-state index contributed by atoms with van der Waals surface area (Å²) in [6.07, 6.45) is 6.94. The molecule has 4 heterocycles. The van der Waals surface area contributed by atoms with Crippen LogP contribution in [0.3, 0.4) is 0 Å². The number of fused-ring (bicyclic) bond motifs is 1. The number of rotatable bonds is 7. The highest BCUT2D eigenvalue weighted by molar-refractivity contribution is 7.90. The summed E-state index contributed by atoms with van der Waals surface area (Å²) in [6.45, 7) is 3.66. The van der Waals surface area contributed by atoms with E-state index in [0.717, 1.165) is 21.9 Å². The van der Waals surface area contributed by atoms with Gasteiger partial charge in [-0.2, -0.15) is 4.98 Å². The van der Waals surface area contributed by atoms with E-state index < -0.39 is 21.9 Å². The largest absolute Gasteiger partial charge is 0.344 e. The quantitative estimate of drug-likeness (QED) is 0.339. The molecule has 1 aromatic carbocycles. The van der Waals surface area contributed by atoms with Crippen molar-refractivity contribution in [1.82, 2.24) is 33.5 Å². The first kappa shape index (κ1) is 23.4. The summed E-state index contributed by atoms with van der Waals surface area (Å²) < 4.78 is 43.1. The predicted molar refractivity (Wildman–Crippen MR) is 132 cm³/mol. The van der Waals surface area contributed by atoms with Crippen molar-refractivity contribution < 1.29 is 12.8 Å². The average molecular weight is 508 g/mol. The molecule has 0 aliphatic heterocycles. The molecule has 0 fully saturated rings. The number of benzene rings is 1. The van der Waals surface area contributed by atoms with Crippen LogP contribution in [-0.2, 0) is 17.1 Å². The van der Waals surface area contributed by atoms with E-state index in [9.17, 15) is 12.8 Å². The molecule has 5 rings (SSSR count). The molecule has 1 unspecified atom stereocenters. The predicted octanol–water partition coefficient (Wildman–Crippen LogP) is 3.56. The third kappa shape index (κ3) is 4.47. The Morgan fingerprint density at radius 2 is 1.75 bits per heavy atom. The number of hydrogen-bond acceptors (Lipinski definition) is 9. The molecule has 11 nitrogen and oxygen atoms in total. The van der Waals surface area contributed by atoms with E-state index in [-0.39, 0.29) is 22.2 Å². The monoisotopic (exact) mass is 507 g/mol. The van der Waals surface area contributed by atoms with Gasteiger partial charge in [-0.05, 0) is 32.0 Å². The van der Waals surface area contributed by atoms with Gasteiger partial charge in [-0.3, -0.25) is 0 Å². The fraction of sp³-hybridized carbons (Fsp3) is 0.174. The molecule has 2 N–H and O–H groups in total. The maximum atomic E-state index is 13.5. The molecule has 0 aliphatic carbocycles. The Labute approximate surface area is 206 Å². The number of halogens is 1. The zero-order chi connectivity index (χ0) is 25.4. The van der Waals surface area contributed by atoms with Crippen LogP contribution in [0.1, 0.15) is 24.4 Å². The number of nitrogens with one attached hydrogen (secondary N) is 2. The molecule has 0 aliphatic rings. The van der Waals surface area contributed by atoms with Gasteiger partial charge in [0.1, 0.15) is 17.2 Å². The molecule has 36 heavy (non-hydrogen) atoms. The standard InChI is InChI=1S/C23H22FN9O2S/c1-14-4-6-17(7-5-14)36(34,35)33-9-8-18-20(33)22(30-19-12-32(3)13-27-19)31-23(29-18)28-15(2)21-25-10-16(24)11-26-21/h4-13,15H,1-3H3,(H2,28,29,30,31). The van der Waals surface area contributed by atoms with Gasteiger partial charge in [0, 0.05) is 19.4 Å². The maximum absolute atomic E-state index is 13.5. The van der Waals surface area contributed by atoms with Crippen molar-refractivity contribution in [3.63, 3.8) is 0 Å². The van der Waals surface area contributed by atoms with Gasteiger partial charge in [0.05, 0.1) is 35.2 Å². The van der Waals surface area contributed by atoms with Gasteiger partial charge >= 0.3 is 0 Å². The van der Waals surface area contributed by atoms with Crippen molar-refractivity contribution in [3.8, 4) is 0 Å². The molecule has 0 saturated carbocycles. The van der Waals surface area contributed by atoms with Crippen molar-refractivity contribution in [2.24, 2.45) is 7.05 Å². The smallest absolute Gasteiger partial charge is 0.268 e. The van der Waals surface area contributed by atoms with Gasteiger partial charge in [0.25, 0.3) is 10.0 Å². The molecule has 0 spiro atoms. The van der Waals surface area contributed by atoms with Crippen LogP contribution in [0.5, 0.6) is 0 Å². The Hall–Kier alpha value is -4.39. The van der Waals surface area contributed by atoms with Crippen LogP contribution in [0.15, 0.2) is 66.3 Å². The molecule has 0 bridgehead atoms. The van der Waals surface area contributed by atoms with Gasteiger partial charge in [-0.15, -0.1) is 0 Å². The summed E-state index contributed by atoms with van der Waals surface area (Å²) in [4.78, 5) is 21.4. The average Bonchev–Trinajstić information content (AvgIpc) is 3.46. The Bertz CT molecular complexity index is 1650. The molecular weight excluding hydrogens is 485 g/mol. The van der Waals surface area contributed by atoms with E-state index in [4.69, 9.17) is 0 Å². The minimum atomic E-state index is -3.94. The molecular formula is C23H22FN9O2S. The van der Waals surface area contributed by atoms with Gasteiger partial charge in [-0.25, -0.2) is 36.7 Å². The van der Waals surface area contributed by atoms with Crippen LogP contribution < -0.4 is 10.6 Å². The van der Waals surface area contributed by atoms with Crippen LogP contribution in [-0.4, -0.2) is 41.9 Å². The summed E-state index contributed by atoms with van der Waals surface area (Å²) in [5.74, 6) is 0.709. The Kier molecular flexibility index (Phi) is 5.84. The van der Waals surface area contributed by atoms with Gasteiger partial charge in [-0.1, -0.05) is 17.7 Å². The van der Waals surface area contributed by atoms with Gasteiger partial charge < -0.3 is 15.2 Å². The zero-order valence-corrected chi connectivity index (χ0v) is 20.4. The number of aryl methyl sites for hydroxylation is 2. The maximum Gasteiger partial charge on any atom is 0.268 e. The molecule has 0 radical (unpaired) electrons. The lowest BCUT2D eigenvalue weighted by Crippen LogP contribution is -2.15. The van der Waals surface area contributed by atoms with Crippen LogP contribution >= 0.6 is 0 Å². The summed E-state index contributed by atoms with van der Waals surface area (Å²) >= 11 is 0. The van der Waals surface area contributed by atoms with Crippen LogP contribution in [0.25, 0.3) is 11.0 Å². The Balaban J connectivity index is 1.60. The fourth-order valence-corrected chi connectivity index (χ4v) is 4.95. The third-order valence-electron chi connectivity index (χ3n) is 5.40. The number of imidazole rings is 1. The van der Waals surface area contributed by atoms with Crippen molar-refractivity contribution in [1.29, 1.82) is 0 Å². The summed E-state index contributed by atoms with van der Waals surface area (Å²) in [5.41, 5.74) is 1.59. The van der Waals surface area contributed by atoms with Crippen molar-refractivity contribution >= 4 is 38.6 Å². The van der Waals surface area contributed by atoms with E-state index >= 15 is 0 Å². The van der Waals surface area contributed by atoms with Crippen LogP contribution in [0.2, 0.25) is 0 Å². The topological polar surface area (TPSA) is 133 Å². The highest BCUT2D eigenvalue weighted by Gasteiger charge is 2.24. The van der Waals surface area contributed by atoms with Gasteiger partial charge in [0.2, 0.25) is 5.95 Å². The second kappa shape index (κ2) is 9.00. The first-order chi connectivity index (χ1) is 17.2.